The van der Waals surface area contributed by atoms with Crippen LogP contribution < -0.4 is 9.64 Å². The Bertz CT molecular complexity index is 774. The molecule has 1 atom stereocenters. The molecule has 0 aromatic heterocycles. The number of aliphatic hydroxyl groups excluding tert-OH is 1. The normalized spacial score (nSPS) is 14.5. The number of carbonyl (C=O) groups is 1. The summed E-state index contributed by atoms with van der Waals surface area (Å²) in [5.41, 5.74) is 3.65. The van der Waals surface area contributed by atoms with E-state index in [2.05, 4.69) is 4.90 Å². The fraction of sp³-hybridized carbons (Fsp3) is 0.381. The van der Waals surface area contributed by atoms with Gasteiger partial charge in [0, 0.05) is 18.8 Å². The molecule has 5 nitrogen and oxygen atoms in total. The Balaban J connectivity index is 1.68. The first kappa shape index (κ1) is 18.3. The van der Waals surface area contributed by atoms with Crippen LogP contribution in [0, 0.1) is 6.92 Å². The highest BCUT2D eigenvalue weighted by Gasteiger charge is 2.24. The van der Waals surface area contributed by atoms with Crippen molar-refractivity contribution in [3.63, 3.8) is 0 Å². The van der Waals surface area contributed by atoms with Crippen molar-refractivity contribution in [3.8, 4) is 5.75 Å². The topological polar surface area (TPSA) is 59.0 Å². The Morgan fingerprint density at radius 2 is 2.04 bits per heavy atom. The molecule has 1 heterocycles. The van der Waals surface area contributed by atoms with E-state index in [0.717, 1.165) is 42.0 Å². The Hall–Kier alpha value is -2.53. The van der Waals surface area contributed by atoms with Crippen LogP contribution >= 0.6 is 0 Å². The maximum atomic E-state index is 12.0. The molecule has 0 spiro atoms. The van der Waals surface area contributed by atoms with Crippen molar-refractivity contribution in [2.75, 3.05) is 31.7 Å². The molecule has 0 saturated carbocycles. The lowest BCUT2D eigenvalue weighted by Crippen LogP contribution is -2.39. The molecule has 1 aliphatic heterocycles. The number of fused-ring (bicyclic) bond motifs is 1. The molecule has 1 unspecified atom stereocenters. The van der Waals surface area contributed by atoms with Gasteiger partial charge in [0.25, 0.3) is 0 Å². The maximum absolute atomic E-state index is 12.0. The number of aliphatic hydroxyl groups is 1. The lowest BCUT2D eigenvalue weighted by molar-refractivity contribution is 0.0599. The zero-order valence-corrected chi connectivity index (χ0v) is 15.3. The highest BCUT2D eigenvalue weighted by atomic mass is 16.5. The maximum Gasteiger partial charge on any atom is 0.338 e. The Morgan fingerprint density at radius 3 is 2.81 bits per heavy atom. The van der Waals surface area contributed by atoms with E-state index in [1.165, 1.54) is 7.11 Å². The van der Waals surface area contributed by atoms with Gasteiger partial charge in [-0.25, -0.2) is 4.79 Å². The number of β-amino-alcohol motifs (C(OH)–C–C–N with tert-alkyl or cyclic N) is 1. The molecule has 1 N–H and O–H groups in total. The predicted molar refractivity (Wildman–Crippen MR) is 101 cm³/mol. The third-order valence-corrected chi connectivity index (χ3v) is 4.71. The van der Waals surface area contributed by atoms with Crippen LogP contribution in [0.4, 0.5) is 5.69 Å². The zero-order chi connectivity index (χ0) is 18.5. The molecule has 2 aromatic carbocycles. The molecule has 3 rings (SSSR count). The molecule has 0 saturated heterocycles. The van der Waals surface area contributed by atoms with E-state index >= 15 is 0 Å². The smallest absolute Gasteiger partial charge is 0.338 e. The molecule has 5 heteroatoms. The minimum Gasteiger partial charge on any atom is -0.491 e. The van der Waals surface area contributed by atoms with Crippen LogP contribution in [-0.2, 0) is 11.2 Å². The van der Waals surface area contributed by atoms with E-state index in [1.54, 1.807) is 6.07 Å². The van der Waals surface area contributed by atoms with Crippen LogP contribution in [-0.4, -0.2) is 44.0 Å². The minimum absolute atomic E-state index is 0.230. The van der Waals surface area contributed by atoms with Gasteiger partial charge < -0.3 is 19.5 Å². The lowest BCUT2D eigenvalue weighted by atomic mass is 9.96. The SMILES string of the molecule is COC(=O)c1cccc2c1CCCN2CC(O)COc1ccccc1C. The van der Waals surface area contributed by atoms with Crippen molar-refractivity contribution in [1.29, 1.82) is 0 Å². The highest BCUT2D eigenvalue weighted by Crippen LogP contribution is 2.30. The van der Waals surface area contributed by atoms with Crippen LogP contribution in [0.3, 0.4) is 0 Å². The third kappa shape index (κ3) is 3.99. The predicted octanol–water partition coefficient (Wildman–Crippen LogP) is 2.97. The number of methoxy groups -OCH3 is 1. The number of hydrogen-bond donors (Lipinski definition) is 1. The van der Waals surface area contributed by atoms with Gasteiger partial charge in [0.05, 0.1) is 12.7 Å². The number of carbonyl (C=O) groups excluding carboxylic acids is 1. The summed E-state index contributed by atoms with van der Waals surface area (Å²) in [6.07, 6.45) is 1.15. The minimum atomic E-state index is -0.623. The summed E-state index contributed by atoms with van der Waals surface area (Å²) in [6.45, 7) is 3.52. The summed E-state index contributed by atoms with van der Waals surface area (Å²) in [5.74, 6) is 0.478. The number of hydrogen-bond acceptors (Lipinski definition) is 5. The van der Waals surface area contributed by atoms with E-state index in [0.29, 0.717) is 12.1 Å². The van der Waals surface area contributed by atoms with Crippen LogP contribution in [0.2, 0.25) is 0 Å². The quantitative estimate of drug-likeness (QED) is 0.808. The number of esters is 1. The van der Waals surface area contributed by atoms with Crippen molar-refractivity contribution < 1.29 is 19.4 Å². The standard InChI is InChI=1S/C21H25NO4/c1-15-7-3-4-11-20(15)26-14-16(23)13-22-12-6-9-17-18(21(24)25-2)8-5-10-19(17)22/h3-5,7-8,10-11,16,23H,6,9,12-14H2,1-2H3. The van der Waals surface area contributed by atoms with Gasteiger partial charge in [-0.3, -0.25) is 0 Å². The van der Waals surface area contributed by atoms with Gasteiger partial charge >= 0.3 is 5.97 Å². The van der Waals surface area contributed by atoms with Crippen molar-refractivity contribution in [2.24, 2.45) is 0 Å². The van der Waals surface area contributed by atoms with Crippen molar-refractivity contribution in [1.82, 2.24) is 0 Å². The zero-order valence-electron chi connectivity index (χ0n) is 15.3. The van der Waals surface area contributed by atoms with Crippen LogP contribution in [0.5, 0.6) is 5.75 Å². The number of aryl methyl sites for hydroxylation is 1. The highest BCUT2D eigenvalue weighted by molar-refractivity contribution is 5.93. The molecule has 138 valence electrons. The van der Waals surface area contributed by atoms with E-state index in [9.17, 15) is 9.90 Å². The van der Waals surface area contributed by atoms with E-state index in [1.807, 2.05) is 43.3 Å². The second-order valence-electron chi connectivity index (χ2n) is 6.57. The fourth-order valence-electron chi connectivity index (χ4n) is 3.40. The summed E-state index contributed by atoms with van der Waals surface area (Å²) in [5, 5.41) is 10.4. The second-order valence-corrected chi connectivity index (χ2v) is 6.57. The van der Waals surface area contributed by atoms with E-state index in [4.69, 9.17) is 9.47 Å². The molecular formula is C21H25NO4. The van der Waals surface area contributed by atoms with Crippen LogP contribution in [0.1, 0.15) is 27.9 Å². The molecule has 0 amide bonds. The Morgan fingerprint density at radius 1 is 1.23 bits per heavy atom. The summed E-state index contributed by atoms with van der Waals surface area (Å²) in [6, 6.07) is 13.4. The summed E-state index contributed by atoms with van der Waals surface area (Å²) < 4.78 is 10.6. The van der Waals surface area contributed by atoms with Gasteiger partial charge in [-0.2, -0.15) is 0 Å². The lowest BCUT2D eigenvalue weighted by Gasteiger charge is -2.33. The first-order chi connectivity index (χ1) is 12.6. The monoisotopic (exact) mass is 355 g/mol. The van der Waals surface area contributed by atoms with Gasteiger partial charge in [0.1, 0.15) is 18.5 Å². The molecule has 0 aliphatic carbocycles. The number of benzene rings is 2. The van der Waals surface area contributed by atoms with Gasteiger partial charge in [-0.1, -0.05) is 24.3 Å². The summed E-state index contributed by atoms with van der Waals surface area (Å²) >= 11 is 0. The number of rotatable bonds is 6. The summed E-state index contributed by atoms with van der Waals surface area (Å²) in [7, 11) is 1.40. The first-order valence-corrected chi connectivity index (χ1v) is 8.91. The van der Waals surface area contributed by atoms with Crippen molar-refractivity contribution >= 4 is 11.7 Å². The average Bonchev–Trinajstić information content (AvgIpc) is 2.66. The average molecular weight is 355 g/mol. The third-order valence-electron chi connectivity index (χ3n) is 4.71. The molecular weight excluding hydrogens is 330 g/mol. The Labute approximate surface area is 154 Å². The van der Waals surface area contributed by atoms with E-state index < -0.39 is 6.10 Å². The Kier molecular flexibility index (Phi) is 5.78. The van der Waals surface area contributed by atoms with Crippen LogP contribution in [0.15, 0.2) is 42.5 Å². The van der Waals surface area contributed by atoms with E-state index in [-0.39, 0.29) is 12.6 Å². The summed E-state index contributed by atoms with van der Waals surface area (Å²) in [4.78, 5) is 14.1. The first-order valence-electron chi connectivity index (χ1n) is 8.91. The van der Waals surface area contributed by atoms with Crippen molar-refractivity contribution in [3.05, 3.63) is 59.2 Å². The van der Waals surface area contributed by atoms with Crippen molar-refractivity contribution in [2.45, 2.75) is 25.9 Å². The van der Waals surface area contributed by atoms with Crippen LogP contribution in [0.25, 0.3) is 0 Å². The molecule has 0 radical (unpaired) electrons. The van der Waals surface area contributed by atoms with Gasteiger partial charge in [0.2, 0.25) is 0 Å². The number of para-hydroxylation sites is 1. The molecule has 2 aromatic rings. The molecule has 0 bridgehead atoms. The molecule has 26 heavy (non-hydrogen) atoms. The second kappa shape index (κ2) is 8.23. The largest absolute Gasteiger partial charge is 0.491 e. The number of ether oxygens (including phenoxy) is 2. The number of nitrogens with zero attached hydrogens (tertiary/aromatic N) is 1. The number of anilines is 1. The van der Waals surface area contributed by atoms with Gasteiger partial charge in [0.15, 0.2) is 0 Å². The fourth-order valence-corrected chi connectivity index (χ4v) is 3.40. The van der Waals surface area contributed by atoms with Gasteiger partial charge in [-0.15, -0.1) is 0 Å². The van der Waals surface area contributed by atoms with Gasteiger partial charge in [-0.05, 0) is 49.1 Å². The molecule has 0 fully saturated rings. The molecule has 1 aliphatic rings.